The molecule has 0 saturated carbocycles. The summed E-state index contributed by atoms with van der Waals surface area (Å²) < 4.78 is 1.54. The fourth-order valence-corrected chi connectivity index (χ4v) is 3.37. The van der Waals surface area contributed by atoms with Crippen LogP contribution < -0.4 is 5.32 Å². The van der Waals surface area contributed by atoms with E-state index in [1.807, 2.05) is 26.0 Å². The van der Waals surface area contributed by atoms with Crippen LogP contribution in [0.3, 0.4) is 0 Å². The zero-order chi connectivity index (χ0) is 18.8. The molecular formula is C17H24N6O3. The number of nitrogens with one attached hydrogen (secondary N) is 2. The Balaban J connectivity index is 1.88. The van der Waals surface area contributed by atoms with Gasteiger partial charge in [-0.05, 0) is 18.1 Å². The van der Waals surface area contributed by atoms with Crippen molar-refractivity contribution in [1.29, 1.82) is 0 Å². The van der Waals surface area contributed by atoms with Crippen molar-refractivity contribution in [2.45, 2.75) is 38.5 Å². The third-order valence-electron chi connectivity index (χ3n) is 4.66. The smallest absolute Gasteiger partial charge is 0.248 e. The molecule has 3 N–H and O–H groups in total. The molecule has 0 radical (unpaired) electrons. The monoisotopic (exact) mass is 360 g/mol. The Bertz CT molecular complexity index is 769. The summed E-state index contributed by atoms with van der Waals surface area (Å²) in [6.45, 7) is 3.97. The topological polar surface area (TPSA) is 116 Å². The lowest BCUT2D eigenvalue weighted by atomic mass is 10.0. The second kappa shape index (κ2) is 7.28. The van der Waals surface area contributed by atoms with Crippen LogP contribution in [0.4, 0.5) is 0 Å². The van der Waals surface area contributed by atoms with Gasteiger partial charge in [-0.1, -0.05) is 19.1 Å². The van der Waals surface area contributed by atoms with Gasteiger partial charge in [0.1, 0.15) is 17.8 Å². The van der Waals surface area contributed by atoms with Gasteiger partial charge in [-0.15, -0.1) is 5.10 Å². The van der Waals surface area contributed by atoms with E-state index in [-0.39, 0.29) is 30.7 Å². The van der Waals surface area contributed by atoms with Crippen LogP contribution in [0.2, 0.25) is 0 Å². The number of likely N-dealkylation sites (N-methyl/N-ethyl adjacent to an activating group) is 1. The van der Waals surface area contributed by atoms with Gasteiger partial charge in [0.05, 0.1) is 18.0 Å². The van der Waals surface area contributed by atoms with Gasteiger partial charge in [0.2, 0.25) is 11.8 Å². The van der Waals surface area contributed by atoms with Crippen LogP contribution in [-0.4, -0.2) is 67.5 Å². The number of aliphatic hydroxyl groups excluding tert-OH is 1. The number of β-amino-alcohol motifs (C(OH)–C–C–N with tert-alkyl or cyclic N) is 1. The van der Waals surface area contributed by atoms with Crippen molar-refractivity contribution in [3.05, 3.63) is 24.5 Å². The third kappa shape index (κ3) is 3.34. The van der Waals surface area contributed by atoms with Gasteiger partial charge in [0.15, 0.2) is 0 Å². The Morgan fingerprint density at radius 1 is 1.42 bits per heavy atom. The number of carbonyl (C=O) groups is 2. The Kier molecular flexibility index (Phi) is 5.08. The lowest BCUT2D eigenvalue weighted by Crippen LogP contribution is -2.48. The lowest BCUT2D eigenvalue weighted by Gasteiger charge is -2.29. The predicted octanol–water partition coefficient (Wildman–Crippen LogP) is 0.178. The maximum Gasteiger partial charge on any atom is 0.248 e. The van der Waals surface area contributed by atoms with Gasteiger partial charge in [-0.3, -0.25) is 9.59 Å². The summed E-state index contributed by atoms with van der Waals surface area (Å²) in [5, 5.41) is 20.8. The summed E-state index contributed by atoms with van der Waals surface area (Å²) in [4.78, 5) is 29.8. The normalized spacial score (nSPS) is 21.2. The highest BCUT2D eigenvalue weighted by molar-refractivity contribution is 5.90. The van der Waals surface area contributed by atoms with E-state index in [4.69, 9.17) is 0 Å². The van der Waals surface area contributed by atoms with Gasteiger partial charge in [0, 0.05) is 26.2 Å². The molecule has 1 aliphatic heterocycles. The van der Waals surface area contributed by atoms with E-state index in [9.17, 15) is 14.7 Å². The molecule has 9 nitrogen and oxygen atoms in total. The van der Waals surface area contributed by atoms with Crippen LogP contribution in [0.15, 0.2) is 24.5 Å². The molecule has 0 spiro atoms. The SMILES string of the molecule is CNC(=O)[C@@H]1C[C@@H](O)CN1C(=O)C(C(C)C)n1cc(-c2ccc[nH]2)nn1. The lowest BCUT2D eigenvalue weighted by molar-refractivity contribution is -0.142. The number of H-pyrrole nitrogens is 1. The number of aliphatic hydroxyl groups is 1. The number of carbonyl (C=O) groups excluding carboxylic acids is 2. The minimum atomic E-state index is -0.709. The molecule has 0 aromatic carbocycles. The number of rotatable bonds is 5. The average Bonchev–Trinajstić information content (AvgIpc) is 3.33. The minimum Gasteiger partial charge on any atom is -0.391 e. The molecule has 2 aromatic rings. The van der Waals surface area contributed by atoms with Crippen molar-refractivity contribution in [1.82, 2.24) is 30.2 Å². The fourth-order valence-electron chi connectivity index (χ4n) is 3.37. The number of hydrogen-bond donors (Lipinski definition) is 3. The number of nitrogens with zero attached hydrogens (tertiary/aromatic N) is 4. The molecule has 140 valence electrons. The molecule has 2 aromatic heterocycles. The number of likely N-dealkylation sites (tertiary alicyclic amines) is 1. The highest BCUT2D eigenvalue weighted by atomic mass is 16.3. The number of aromatic amines is 1. The summed E-state index contributed by atoms with van der Waals surface area (Å²) in [6.07, 6.45) is 3.04. The Labute approximate surface area is 151 Å². The largest absolute Gasteiger partial charge is 0.391 e. The molecule has 26 heavy (non-hydrogen) atoms. The van der Waals surface area contributed by atoms with Crippen molar-refractivity contribution in [3.8, 4) is 11.4 Å². The maximum atomic E-state index is 13.2. The molecule has 1 unspecified atom stereocenters. The molecule has 0 bridgehead atoms. The molecule has 1 fully saturated rings. The van der Waals surface area contributed by atoms with Crippen molar-refractivity contribution < 1.29 is 14.7 Å². The number of aromatic nitrogens is 4. The summed E-state index contributed by atoms with van der Waals surface area (Å²) in [5.41, 5.74) is 1.45. The van der Waals surface area contributed by atoms with Crippen molar-refractivity contribution in [2.75, 3.05) is 13.6 Å². The van der Waals surface area contributed by atoms with Crippen molar-refractivity contribution in [3.63, 3.8) is 0 Å². The van der Waals surface area contributed by atoms with Crippen LogP contribution in [0.5, 0.6) is 0 Å². The standard InChI is InChI=1S/C17H24N6O3/c1-10(2)15(23-9-13(20-21-23)12-5-4-6-19-12)17(26)22-8-11(24)7-14(22)16(25)18-3/h4-6,9-11,14-15,19,24H,7-8H2,1-3H3,(H,18,25)/t11-,14+,15?/m1/s1. The number of hydrogen-bond acceptors (Lipinski definition) is 5. The molecule has 1 saturated heterocycles. The molecule has 1 aliphatic rings. The maximum absolute atomic E-state index is 13.2. The van der Waals surface area contributed by atoms with Crippen molar-refractivity contribution >= 4 is 11.8 Å². The first-order valence-corrected chi connectivity index (χ1v) is 8.68. The quantitative estimate of drug-likeness (QED) is 0.703. The average molecular weight is 360 g/mol. The summed E-state index contributed by atoms with van der Waals surface area (Å²) >= 11 is 0. The summed E-state index contributed by atoms with van der Waals surface area (Å²) in [7, 11) is 1.52. The summed E-state index contributed by atoms with van der Waals surface area (Å²) in [5.74, 6) is -0.583. The van der Waals surface area contributed by atoms with E-state index < -0.39 is 18.2 Å². The zero-order valence-electron chi connectivity index (χ0n) is 15.1. The first-order chi connectivity index (χ1) is 12.4. The first kappa shape index (κ1) is 18.1. The van der Waals surface area contributed by atoms with Gasteiger partial charge in [0.25, 0.3) is 0 Å². The van der Waals surface area contributed by atoms with Crippen LogP contribution in [0, 0.1) is 5.92 Å². The van der Waals surface area contributed by atoms with Crippen molar-refractivity contribution in [2.24, 2.45) is 5.92 Å². The van der Waals surface area contributed by atoms with E-state index in [1.54, 1.807) is 12.4 Å². The zero-order valence-corrected chi connectivity index (χ0v) is 15.1. The molecule has 0 aliphatic carbocycles. The Morgan fingerprint density at radius 2 is 2.19 bits per heavy atom. The molecule has 2 amide bonds. The van der Waals surface area contributed by atoms with Crippen LogP contribution in [-0.2, 0) is 9.59 Å². The molecule has 9 heteroatoms. The van der Waals surface area contributed by atoms with Crippen LogP contribution >= 0.6 is 0 Å². The molecular weight excluding hydrogens is 336 g/mol. The van der Waals surface area contributed by atoms with E-state index >= 15 is 0 Å². The Morgan fingerprint density at radius 3 is 2.81 bits per heavy atom. The van der Waals surface area contributed by atoms with Gasteiger partial charge < -0.3 is 20.3 Å². The van der Waals surface area contributed by atoms with Crippen LogP contribution in [0.1, 0.15) is 26.3 Å². The second-order valence-corrected chi connectivity index (χ2v) is 6.87. The van der Waals surface area contributed by atoms with E-state index in [2.05, 4.69) is 20.6 Å². The van der Waals surface area contributed by atoms with E-state index in [0.717, 1.165) is 5.69 Å². The third-order valence-corrected chi connectivity index (χ3v) is 4.66. The molecule has 3 heterocycles. The van der Waals surface area contributed by atoms with Gasteiger partial charge in [-0.2, -0.15) is 0 Å². The second-order valence-electron chi connectivity index (χ2n) is 6.87. The van der Waals surface area contributed by atoms with Gasteiger partial charge >= 0.3 is 0 Å². The van der Waals surface area contributed by atoms with Crippen LogP contribution in [0.25, 0.3) is 11.4 Å². The van der Waals surface area contributed by atoms with E-state index in [1.165, 1.54) is 16.6 Å². The predicted molar refractivity (Wildman–Crippen MR) is 93.9 cm³/mol. The highest BCUT2D eigenvalue weighted by Gasteiger charge is 2.42. The fraction of sp³-hybridized carbons (Fsp3) is 0.529. The highest BCUT2D eigenvalue weighted by Crippen LogP contribution is 2.27. The first-order valence-electron chi connectivity index (χ1n) is 8.68. The minimum absolute atomic E-state index is 0.0660. The molecule has 3 rings (SSSR count). The Hall–Kier alpha value is -2.68. The number of amides is 2. The van der Waals surface area contributed by atoms with Gasteiger partial charge in [-0.25, -0.2) is 4.68 Å². The molecule has 3 atom stereocenters. The van der Waals surface area contributed by atoms with E-state index in [0.29, 0.717) is 5.69 Å². The summed E-state index contributed by atoms with van der Waals surface area (Å²) in [6, 6.07) is 2.46.